The average molecular weight is 621 g/mol. The normalized spacial score (nSPS) is 12.0. The summed E-state index contributed by atoms with van der Waals surface area (Å²) in [6, 6.07) is 19.1. The minimum absolute atomic E-state index is 0.301. The third kappa shape index (κ3) is 7.62. The van der Waals surface area contributed by atoms with E-state index in [1.54, 1.807) is 0 Å². The van der Waals surface area contributed by atoms with Crippen molar-refractivity contribution in [3.8, 4) is 28.5 Å². The fourth-order valence-electron chi connectivity index (χ4n) is 4.82. The number of alkyl halides is 3. The Kier molecular flexibility index (Phi) is 9.29. The molecule has 0 aliphatic rings. The number of hydrogen-bond acceptors (Lipinski definition) is 5. The molecular weight excluding hydrogens is 589 g/mol. The van der Waals surface area contributed by atoms with Gasteiger partial charge in [0.1, 0.15) is 12.1 Å². The van der Waals surface area contributed by atoms with Crippen molar-refractivity contribution >= 4 is 17.4 Å². The Hall–Kier alpha value is -4.71. The Morgan fingerprint density at radius 2 is 1.68 bits per heavy atom. The molecule has 0 saturated heterocycles. The monoisotopic (exact) mass is 620 g/mol. The van der Waals surface area contributed by atoms with E-state index in [2.05, 4.69) is 51.1 Å². The number of nitrogens with zero attached hydrogens (tertiary/aromatic N) is 5. The highest BCUT2D eigenvalue weighted by atomic mass is 32.1. The lowest BCUT2D eigenvalue weighted by atomic mass is 10.1. The van der Waals surface area contributed by atoms with E-state index in [0.717, 1.165) is 52.9 Å². The van der Waals surface area contributed by atoms with E-state index in [9.17, 15) is 18.0 Å². The van der Waals surface area contributed by atoms with Crippen molar-refractivity contribution < 1.29 is 22.7 Å². The Morgan fingerprint density at radius 1 is 0.977 bits per heavy atom. The largest absolute Gasteiger partial charge is 0.573 e. The van der Waals surface area contributed by atoms with Gasteiger partial charge < -0.3 is 10.1 Å². The van der Waals surface area contributed by atoms with Crippen molar-refractivity contribution in [3.05, 3.63) is 106 Å². The van der Waals surface area contributed by atoms with Crippen LogP contribution in [0, 0.1) is 20.8 Å². The van der Waals surface area contributed by atoms with Crippen LogP contribution in [0.4, 0.5) is 18.0 Å². The van der Waals surface area contributed by atoms with Crippen LogP contribution in [0.2, 0.25) is 0 Å². The molecular formula is C32H31F3N6O2S. The third-order valence-electron chi connectivity index (χ3n) is 6.95. The number of para-hydroxylation sites is 1. The van der Waals surface area contributed by atoms with Crippen molar-refractivity contribution in [2.45, 2.75) is 46.4 Å². The Labute approximate surface area is 256 Å². The number of carbonyl (C=O) groups excluding carboxylic acids is 1. The molecule has 3 aromatic carbocycles. The molecule has 0 saturated carbocycles. The van der Waals surface area contributed by atoms with E-state index < -0.39 is 6.36 Å². The molecule has 44 heavy (non-hydrogen) atoms. The van der Waals surface area contributed by atoms with Gasteiger partial charge in [-0.1, -0.05) is 42.5 Å². The summed E-state index contributed by atoms with van der Waals surface area (Å²) in [7, 11) is 0. The SMILES string of the molecule is Cc1cccc(C)c1-n1c(C)cs/c1=N\C(=O)NCCCCc1ccc(-c2ncn(-c3ccc(OC(F)(F)F)cc3)n2)cc1. The number of halogens is 3. The summed E-state index contributed by atoms with van der Waals surface area (Å²) in [6.07, 6.45) is -0.691. The van der Waals surface area contributed by atoms with E-state index in [4.69, 9.17) is 0 Å². The molecule has 0 radical (unpaired) electrons. The van der Waals surface area contributed by atoms with E-state index in [1.165, 1.54) is 46.6 Å². The summed E-state index contributed by atoms with van der Waals surface area (Å²) in [5, 5.41) is 9.35. The molecule has 0 atom stereocenters. The van der Waals surface area contributed by atoms with Gasteiger partial charge in [-0.05, 0) is 81.0 Å². The highest BCUT2D eigenvalue weighted by molar-refractivity contribution is 7.07. The van der Waals surface area contributed by atoms with Crippen molar-refractivity contribution in [1.29, 1.82) is 0 Å². The van der Waals surface area contributed by atoms with Gasteiger partial charge in [0.05, 0.1) is 11.4 Å². The molecule has 0 aliphatic heterocycles. The van der Waals surface area contributed by atoms with Crippen LogP contribution >= 0.6 is 11.3 Å². The number of rotatable bonds is 9. The highest BCUT2D eigenvalue weighted by Gasteiger charge is 2.31. The number of carbonyl (C=O) groups is 1. The number of thiazole rings is 1. The van der Waals surface area contributed by atoms with Gasteiger partial charge >= 0.3 is 12.4 Å². The highest BCUT2D eigenvalue weighted by Crippen LogP contribution is 2.24. The smallest absolute Gasteiger partial charge is 0.406 e. The van der Waals surface area contributed by atoms with Crippen LogP contribution < -0.4 is 14.9 Å². The fraction of sp³-hybridized carbons (Fsp3) is 0.250. The number of ether oxygens (including phenoxy) is 1. The van der Waals surface area contributed by atoms with Crippen LogP contribution in [0.15, 0.2) is 83.4 Å². The van der Waals surface area contributed by atoms with Gasteiger partial charge in [0.25, 0.3) is 0 Å². The molecule has 0 bridgehead atoms. The molecule has 1 N–H and O–H groups in total. The van der Waals surface area contributed by atoms with E-state index in [0.29, 0.717) is 22.9 Å². The molecule has 5 rings (SSSR count). The summed E-state index contributed by atoms with van der Waals surface area (Å²) < 4.78 is 44.6. The number of aromatic nitrogens is 4. The summed E-state index contributed by atoms with van der Waals surface area (Å²) in [5.74, 6) is 0.197. The molecule has 0 aliphatic carbocycles. The number of benzene rings is 3. The average Bonchev–Trinajstić information content (AvgIpc) is 3.60. The Bertz CT molecular complexity index is 1790. The van der Waals surface area contributed by atoms with Gasteiger partial charge in [-0.3, -0.25) is 4.57 Å². The molecule has 5 aromatic rings. The first-order valence-corrected chi connectivity index (χ1v) is 14.9. The summed E-state index contributed by atoms with van der Waals surface area (Å²) in [4.78, 5) is 21.9. The predicted molar refractivity (Wildman–Crippen MR) is 163 cm³/mol. The molecule has 2 amide bonds. The van der Waals surface area contributed by atoms with Crippen LogP contribution in [0.25, 0.3) is 22.8 Å². The molecule has 0 fully saturated rings. The van der Waals surface area contributed by atoms with Gasteiger partial charge in [0.2, 0.25) is 0 Å². The van der Waals surface area contributed by atoms with Crippen LogP contribution in [-0.2, 0) is 6.42 Å². The predicted octanol–water partition coefficient (Wildman–Crippen LogP) is 7.24. The lowest BCUT2D eigenvalue weighted by Gasteiger charge is -2.12. The first-order chi connectivity index (χ1) is 21.1. The second kappa shape index (κ2) is 13.3. The zero-order valence-electron chi connectivity index (χ0n) is 24.4. The van der Waals surface area contributed by atoms with E-state index >= 15 is 0 Å². The van der Waals surface area contributed by atoms with Gasteiger partial charge in [0, 0.05) is 23.2 Å². The maximum absolute atomic E-state index is 12.6. The van der Waals surface area contributed by atoms with Crippen molar-refractivity contribution in [2.24, 2.45) is 4.99 Å². The molecule has 2 heterocycles. The minimum atomic E-state index is -4.74. The number of unbranched alkanes of at least 4 members (excludes halogenated alkanes) is 1. The van der Waals surface area contributed by atoms with Gasteiger partial charge in [0.15, 0.2) is 10.6 Å². The summed E-state index contributed by atoms with van der Waals surface area (Å²) in [6.45, 7) is 6.65. The first kappa shape index (κ1) is 30.7. The maximum Gasteiger partial charge on any atom is 0.573 e. The molecule has 2 aromatic heterocycles. The van der Waals surface area contributed by atoms with Crippen LogP contribution in [0.1, 0.15) is 35.2 Å². The topological polar surface area (TPSA) is 86.3 Å². The second-order valence-electron chi connectivity index (χ2n) is 10.3. The van der Waals surface area contributed by atoms with Crippen LogP contribution in [-0.4, -0.2) is 38.3 Å². The summed E-state index contributed by atoms with van der Waals surface area (Å²) >= 11 is 1.45. The number of urea groups is 1. The summed E-state index contributed by atoms with van der Waals surface area (Å²) in [5.41, 5.74) is 6.86. The number of amides is 2. The lowest BCUT2D eigenvalue weighted by Crippen LogP contribution is -2.25. The zero-order valence-corrected chi connectivity index (χ0v) is 25.2. The standard InChI is InChI=1S/C32H31F3N6O2S/c1-21-7-6-8-22(2)28(21)41-23(3)19-44-31(41)38-30(42)36-18-5-4-9-24-10-12-25(13-11-24)29-37-20-40(39-29)26-14-16-27(17-15-26)43-32(33,34)35/h6-8,10-17,19-20H,4-5,9,18H2,1-3H3,(H,36,42)/b38-31-. The number of nitrogens with one attached hydrogen (secondary N) is 1. The third-order valence-corrected chi connectivity index (χ3v) is 7.89. The number of aryl methyl sites for hydroxylation is 4. The van der Waals surface area contributed by atoms with E-state index in [1.807, 2.05) is 47.2 Å². The molecule has 0 unspecified atom stereocenters. The maximum atomic E-state index is 12.6. The molecule has 0 spiro atoms. The van der Waals surface area contributed by atoms with Crippen molar-refractivity contribution in [2.75, 3.05) is 6.54 Å². The van der Waals surface area contributed by atoms with Gasteiger partial charge in [-0.25, -0.2) is 14.5 Å². The number of hydrogen-bond donors (Lipinski definition) is 1. The van der Waals surface area contributed by atoms with Crippen molar-refractivity contribution in [3.63, 3.8) is 0 Å². The van der Waals surface area contributed by atoms with Gasteiger partial charge in [-0.15, -0.1) is 29.6 Å². The lowest BCUT2D eigenvalue weighted by molar-refractivity contribution is -0.274. The molecule has 228 valence electrons. The van der Waals surface area contributed by atoms with Crippen molar-refractivity contribution in [1.82, 2.24) is 24.6 Å². The van der Waals surface area contributed by atoms with Crippen LogP contribution in [0.3, 0.4) is 0 Å². The minimum Gasteiger partial charge on any atom is -0.406 e. The zero-order chi connectivity index (χ0) is 31.3. The Balaban J connectivity index is 1.11. The van der Waals surface area contributed by atoms with E-state index in [-0.39, 0.29) is 11.8 Å². The molecule has 12 heteroatoms. The second-order valence-corrected chi connectivity index (χ2v) is 11.1. The van der Waals surface area contributed by atoms with Crippen LogP contribution in [0.5, 0.6) is 5.75 Å². The quantitative estimate of drug-likeness (QED) is 0.176. The Morgan fingerprint density at radius 3 is 2.36 bits per heavy atom. The fourth-order valence-corrected chi connectivity index (χ4v) is 5.68. The van der Waals surface area contributed by atoms with Gasteiger partial charge in [-0.2, -0.15) is 4.99 Å². The first-order valence-electron chi connectivity index (χ1n) is 14.0. The molecule has 8 nitrogen and oxygen atoms in total.